The van der Waals surface area contributed by atoms with E-state index in [1.165, 1.54) is 23.5 Å². The molecule has 0 aromatic carbocycles. The van der Waals surface area contributed by atoms with Gasteiger partial charge in [0.05, 0.1) is 11.6 Å². The number of halogens is 1. The maximum atomic E-state index is 11.7. The fraction of sp³-hybridized carbons (Fsp3) is 0.0909. The molecule has 0 saturated heterocycles. The number of carboxylic acids is 1. The van der Waals surface area contributed by atoms with Crippen LogP contribution in [0.15, 0.2) is 28.0 Å². The average Bonchev–Trinajstić information content (AvgIpc) is 2.94. The fourth-order valence-corrected chi connectivity index (χ4v) is 2.35. The van der Waals surface area contributed by atoms with E-state index in [2.05, 4.69) is 5.32 Å². The van der Waals surface area contributed by atoms with Crippen LogP contribution in [0.2, 0.25) is 5.02 Å². The van der Waals surface area contributed by atoms with Crippen LogP contribution in [0.3, 0.4) is 0 Å². The van der Waals surface area contributed by atoms with Gasteiger partial charge in [-0.05, 0) is 23.6 Å². The zero-order valence-corrected chi connectivity index (χ0v) is 10.5. The number of nitrogens with one attached hydrogen (secondary N) is 1. The van der Waals surface area contributed by atoms with Crippen LogP contribution >= 0.6 is 22.9 Å². The number of hydrogen-bond acceptors (Lipinski definition) is 4. The summed E-state index contributed by atoms with van der Waals surface area (Å²) in [7, 11) is 0. The van der Waals surface area contributed by atoms with E-state index in [4.69, 9.17) is 21.1 Å². The van der Waals surface area contributed by atoms with Gasteiger partial charge in [0.15, 0.2) is 0 Å². The summed E-state index contributed by atoms with van der Waals surface area (Å²) in [6.07, 6.45) is 0. The second-order valence-corrected chi connectivity index (χ2v) is 4.67. The normalized spacial score (nSPS) is 10.3. The first-order valence-corrected chi connectivity index (χ1v) is 6.17. The topological polar surface area (TPSA) is 79.5 Å². The van der Waals surface area contributed by atoms with Crippen LogP contribution < -0.4 is 5.32 Å². The first-order valence-electron chi connectivity index (χ1n) is 4.91. The van der Waals surface area contributed by atoms with Crippen LogP contribution in [0, 0.1) is 0 Å². The monoisotopic (exact) mass is 285 g/mol. The molecule has 1 amide bonds. The number of amides is 1. The lowest BCUT2D eigenvalue weighted by Crippen LogP contribution is -2.21. The van der Waals surface area contributed by atoms with E-state index < -0.39 is 5.97 Å². The van der Waals surface area contributed by atoms with Crippen LogP contribution in [0.4, 0.5) is 0 Å². The molecule has 0 saturated carbocycles. The minimum atomic E-state index is -1.14. The molecule has 7 heteroatoms. The van der Waals surface area contributed by atoms with Gasteiger partial charge in [0, 0.05) is 0 Å². The Morgan fingerprint density at radius 1 is 1.39 bits per heavy atom. The third-order valence-electron chi connectivity index (χ3n) is 2.12. The quantitative estimate of drug-likeness (QED) is 0.905. The van der Waals surface area contributed by atoms with E-state index in [0.717, 1.165) is 0 Å². The van der Waals surface area contributed by atoms with Crippen LogP contribution in [0.25, 0.3) is 0 Å². The number of carbonyl (C=O) groups is 2. The predicted octanol–water partition coefficient (Wildman–Crippen LogP) is 2.62. The number of furan rings is 1. The molecule has 18 heavy (non-hydrogen) atoms. The molecule has 0 spiro atoms. The van der Waals surface area contributed by atoms with Crippen LogP contribution in [-0.2, 0) is 6.54 Å². The highest BCUT2D eigenvalue weighted by Gasteiger charge is 2.13. The first kappa shape index (κ1) is 12.7. The Balaban J connectivity index is 1.97. The predicted molar refractivity (Wildman–Crippen MR) is 66.2 cm³/mol. The second-order valence-electron chi connectivity index (χ2n) is 3.35. The molecule has 2 aromatic rings. The standard InChI is InChI=1S/C11H8ClNO4S/c12-7-3-4-18-9(7)10(14)13-5-6-1-2-8(17-6)11(15)16/h1-4H,5H2,(H,13,14)(H,15,16). The summed E-state index contributed by atoms with van der Waals surface area (Å²) in [6, 6.07) is 4.47. The Morgan fingerprint density at radius 3 is 2.72 bits per heavy atom. The number of hydrogen-bond donors (Lipinski definition) is 2. The molecule has 2 N–H and O–H groups in total. The van der Waals surface area contributed by atoms with Gasteiger partial charge in [-0.1, -0.05) is 11.6 Å². The molecule has 0 unspecified atom stereocenters. The minimum absolute atomic E-state index is 0.111. The molecule has 0 radical (unpaired) electrons. The maximum absolute atomic E-state index is 11.7. The molecule has 0 atom stereocenters. The Morgan fingerprint density at radius 2 is 2.17 bits per heavy atom. The smallest absolute Gasteiger partial charge is 0.371 e. The van der Waals surface area contributed by atoms with Crippen molar-refractivity contribution >= 4 is 34.8 Å². The molecule has 0 fully saturated rings. The van der Waals surface area contributed by atoms with Crippen molar-refractivity contribution < 1.29 is 19.1 Å². The zero-order valence-electron chi connectivity index (χ0n) is 8.97. The van der Waals surface area contributed by atoms with Gasteiger partial charge < -0.3 is 14.8 Å². The van der Waals surface area contributed by atoms with Gasteiger partial charge in [-0.3, -0.25) is 4.79 Å². The number of aromatic carboxylic acids is 1. The second kappa shape index (κ2) is 5.24. The lowest BCUT2D eigenvalue weighted by molar-refractivity contribution is 0.0660. The SMILES string of the molecule is O=C(O)c1ccc(CNC(=O)c2sccc2Cl)o1. The number of rotatable bonds is 4. The highest BCUT2D eigenvalue weighted by atomic mass is 35.5. The van der Waals surface area contributed by atoms with Crippen LogP contribution in [-0.4, -0.2) is 17.0 Å². The van der Waals surface area contributed by atoms with Gasteiger partial charge >= 0.3 is 5.97 Å². The summed E-state index contributed by atoms with van der Waals surface area (Å²) in [6.45, 7) is 0.111. The van der Waals surface area contributed by atoms with Gasteiger partial charge in [0.1, 0.15) is 10.6 Å². The zero-order chi connectivity index (χ0) is 13.1. The Labute approximate surface area is 111 Å². The van der Waals surface area contributed by atoms with E-state index in [-0.39, 0.29) is 18.2 Å². The van der Waals surface area contributed by atoms with Crippen molar-refractivity contribution in [3.63, 3.8) is 0 Å². The van der Waals surface area contributed by atoms with Crippen molar-refractivity contribution in [2.75, 3.05) is 0 Å². The van der Waals surface area contributed by atoms with Crippen molar-refractivity contribution in [2.24, 2.45) is 0 Å². The van der Waals surface area contributed by atoms with Crippen molar-refractivity contribution in [2.45, 2.75) is 6.54 Å². The lowest BCUT2D eigenvalue weighted by Gasteiger charge is -2.01. The summed E-state index contributed by atoms with van der Waals surface area (Å²) in [5, 5.41) is 13.4. The summed E-state index contributed by atoms with van der Waals surface area (Å²) in [5.74, 6) is -1.25. The lowest BCUT2D eigenvalue weighted by atomic mass is 10.4. The molecule has 2 rings (SSSR count). The summed E-state index contributed by atoms with van der Waals surface area (Å²) in [5.41, 5.74) is 0. The van der Waals surface area contributed by atoms with E-state index in [0.29, 0.717) is 15.7 Å². The summed E-state index contributed by atoms with van der Waals surface area (Å²) < 4.78 is 5.00. The average molecular weight is 286 g/mol. The van der Waals surface area contributed by atoms with Crippen molar-refractivity contribution in [1.29, 1.82) is 0 Å². The van der Waals surface area contributed by atoms with E-state index in [1.807, 2.05) is 0 Å². The van der Waals surface area contributed by atoms with Crippen LogP contribution in [0.1, 0.15) is 26.0 Å². The number of thiophene rings is 1. The molecule has 0 bridgehead atoms. The molecule has 2 aromatic heterocycles. The van der Waals surface area contributed by atoms with E-state index >= 15 is 0 Å². The van der Waals surface area contributed by atoms with Crippen LogP contribution in [0.5, 0.6) is 0 Å². The molecular weight excluding hydrogens is 278 g/mol. The van der Waals surface area contributed by atoms with Gasteiger partial charge in [-0.15, -0.1) is 11.3 Å². The number of carbonyl (C=O) groups excluding carboxylic acids is 1. The van der Waals surface area contributed by atoms with Crippen molar-refractivity contribution in [1.82, 2.24) is 5.32 Å². The van der Waals surface area contributed by atoms with Gasteiger partial charge in [0.2, 0.25) is 5.76 Å². The summed E-state index contributed by atoms with van der Waals surface area (Å²) >= 11 is 7.04. The largest absolute Gasteiger partial charge is 0.475 e. The highest BCUT2D eigenvalue weighted by Crippen LogP contribution is 2.21. The van der Waals surface area contributed by atoms with Gasteiger partial charge in [-0.25, -0.2) is 4.79 Å². The molecule has 5 nitrogen and oxygen atoms in total. The molecule has 2 heterocycles. The minimum Gasteiger partial charge on any atom is -0.475 e. The third-order valence-corrected chi connectivity index (χ3v) is 3.46. The van der Waals surface area contributed by atoms with Crippen molar-refractivity contribution in [3.05, 3.63) is 45.0 Å². The van der Waals surface area contributed by atoms with Crippen molar-refractivity contribution in [3.8, 4) is 0 Å². The van der Waals surface area contributed by atoms with E-state index in [1.54, 1.807) is 11.4 Å². The highest BCUT2D eigenvalue weighted by molar-refractivity contribution is 7.12. The molecule has 0 aliphatic carbocycles. The Bertz CT molecular complexity index is 589. The molecule has 0 aliphatic rings. The van der Waals surface area contributed by atoms with E-state index in [9.17, 15) is 9.59 Å². The molecular formula is C11H8ClNO4S. The Kier molecular flexibility index (Phi) is 3.69. The number of carboxylic acid groups (broad SMARTS) is 1. The Hall–Kier alpha value is -1.79. The fourth-order valence-electron chi connectivity index (χ4n) is 1.29. The molecule has 0 aliphatic heterocycles. The summed E-state index contributed by atoms with van der Waals surface area (Å²) in [4.78, 5) is 22.7. The molecule has 94 valence electrons. The van der Waals surface area contributed by atoms with Gasteiger partial charge in [-0.2, -0.15) is 0 Å². The van der Waals surface area contributed by atoms with Gasteiger partial charge in [0.25, 0.3) is 5.91 Å². The first-order chi connectivity index (χ1) is 8.58. The third kappa shape index (κ3) is 2.72. The maximum Gasteiger partial charge on any atom is 0.371 e.